The molecule has 1 heterocycles. The van der Waals surface area contributed by atoms with Gasteiger partial charge in [-0.2, -0.15) is 0 Å². The number of carbonyl (C=O) groups is 1. The third-order valence-corrected chi connectivity index (χ3v) is 6.16. The maximum atomic E-state index is 14.1. The third-order valence-electron chi connectivity index (χ3n) is 6.16. The lowest BCUT2D eigenvalue weighted by Crippen LogP contribution is -2.47. The van der Waals surface area contributed by atoms with Crippen molar-refractivity contribution in [2.45, 2.75) is 39.3 Å². The molecule has 5 heteroatoms. The van der Waals surface area contributed by atoms with Crippen LogP contribution in [0.3, 0.4) is 0 Å². The predicted molar refractivity (Wildman–Crippen MR) is 124 cm³/mol. The van der Waals surface area contributed by atoms with Gasteiger partial charge in [0, 0.05) is 42.5 Å². The molecule has 0 spiro atoms. The van der Waals surface area contributed by atoms with Crippen LogP contribution in [0.4, 0.5) is 14.5 Å². The summed E-state index contributed by atoms with van der Waals surface area (Å²) in [6.45, 7) is 5.58. The van der Waals surface area contributed by atoms with Gasteiger partial charge in [0.05, 0.1) is 0 Å². The van der Waals surface area contributed by atoms with Crippen LogP contribution in [0.15, 0.2) is 66.7 Å². The van der Waals surface area contributed by atoms with Gasteiger partial charge in [0.2, 0.25) is 0 Å². The molecule has 166 valence electrons. The first-order valence-electron chi connectivity index (χ1n) is 11.0. The average Bonchev–Trinajstić information content (AvgIpc) is 2.79. The van der Waals surface area contributed by atoms with Crippen molar-refractivity contribution in [1.29, 1.82) is 0 Å². The normalized spacial score (nSPS) is 15.0. The lowest BCUT2D eigenvalue weighted by Gasteiger charge is -2.39. The zero-order valence-corrected chi connectivity index (χ0v) is 18.5. The highest BCUT2D eigenvalue weighted by atomic mass is 19.1. The summed E-state index contributed by atoms with van der Waals surface area (Å²) in [5.41, 5.74) is 3.83. The minimum absolute atomic E-state index is 0.0175. The molecule has 3 aromatic rings. The molecule has 0 N–H and O–H groups in total. The van der Waals surface area contributed by atoms with Gasteiger partial charge in [0.15, 0.2) is 0 Å². The van der Waals surface area contributed by atoms with Crippen LogP contribution < -0.4 is 4.90 Å². The van der Waals surface area contributed by atoms with E-state index in [0.717, 1.165) is 29.7 Å². The van der Waals surface area contributed by atoms with E-state index in [2.05, 4.69) is 4.90 Å². The highest BCUT2D eigenvalue weighted by Gasteiger charge is 2.30. The van der Waals surface area contributed by atoms with E-state index >= 15 is 0 Å². The van der Waals surface area contributed by atoms with Crippen LogP contribution in [0.5, 0.6) is 0 Å². The quantitative estimate of drug-likeness (QED) is 0.500. The number of amides is 1. The molecule has 0 atom stereocenters. The topological polar surface area (TPSA) is 23.6 Å². The molecule has 1 aliphatic heterocycles. The SMILES string of the molecule is Cc1ccc(N(C(=O)c2cccc(C)c2)C2CCN(Cc3c(F)cccc3F)CC2)cc1. The summed E-state index contributed by atoms with van der Waals surface area (Å²) in [6, 6.07) is 19.7. The van der Waals surface area contributed by atoms with Crippen LogP contribution in [-0.2, 0) is 6.54 Å². The highest BCUT2D eigenvalue weighted by Crippen LogP contribution is 2.28. The van der Waals surface area contributed by atoms with Crippen molar-refractivity contribution < 1.29 is 13.6 Å². The number of piperidine rings is 1. The second-order valence-corrected chi connectivity index (χ2v) is 8.59. The van der Waals surface area contributed by atoms with E-state index in [9.17, 15) is 13.6 Å². The lowest BCUT2D eigenvalue weighted by atomic mass is 9.99. The minimum atomic E-state index is -0.511. The number of aryl methyl sites for hydroxylation is 2. The van der Waals surface area contributed by atoms with Gasteiger partial charge < -0.3 is 4.90 Å². The van der Waals surface area contributed by atoms with Crippen LogP contribution in [0.1, 0.15) is 39.9 Å². The van der Waals surface area contributed by atoms with Crippen LogP contribution in [0.25, 0.3) is 0 Å². The maximum Gasteiger partial charge on any atom is 0.258 e. The number of anilines is 1. The highest BCUT2D eigenvalue weighted by molar-refractivity contribution is 6.06. The largest absolute Gasteiger partial charge is 0.305 e. The van der Waals surface area contributed by atoms with Gasteiger partial charge in [-0.1, -0.05) is 41.5 Å². The predicted octanol–water partition coefficient (Wildman–Crippen LogP) is 5.89. The summed E-state index contributed by atoms with van der Waals surface area (Å²) in [7, 11) is 0. The van der Waals surface area contributed by atoms with Gasteiger partial charge in [-0.05, 0) is 63.1 Å². The summed E-state index contributed by atoms with van der Waals surface area (Å²) in [4.78, 5) is 17.5. The summed E-state index contributed by atoms with van der Waals surface area (Å²) < 4.78 is 28.1. The zero-order chi connectivity index (χ0) is 22.7. The summed E-state index contributed by atoms with van der Waals surface area (Å²) in [5, 5.41) is 0. The first-order chi connectivity index (χ1) is 15.4. The van der Waals surface area contributed by atoms with Gasteiger partial charge in [0.1, 0.15) is 11.6 Å². The Morgan fingerprint density at radius 3 is 2.16 bits per heavy atom. The van der Waals surface area contributed by atoms with Crippen LogP contribution in [0, 0.1) is 25.5 Å². The minimum Gasteiger partial charge on any atom is -0.305 e. The second-order valence-electron chi connectivity index (χ2n) is 8.59. The smallest absolute Gasteiger partial charge is 0.258 e. The number of halogens is 2. The molecular weight excluding hydrogens is 406 g/mol. The first kappa shape index (κ1) is 22.2. The molecule has 4 rings (SSSR count). The van der Waals surface area contributed by atoms with Gasteiger partial charge in [0.25, 0.3) is 5.91 Å². The molecule has 3 nitrogen and oxygen atoms in total. The van der Waals surface area contributed by atoms with Gasteiger partial charge >= 0.3 is 0 Å². The van der Waals surface area contributed by atoms with E-state index < -0.39 is 11.6 Å². The molecule has 1 saturated heterocycles. The van der Waals surface area contributed by atoms with Crippen LogP contribution in [-0.4, -0.2) is 29.9 Å². The Bertz CT molecular complexity index is 1070. The number of benzene rings is 3. The average molecular weight is 435 g/mol. The molecule has 3 aromatic carbocycles. The Morgan fingerprint density at radius 1 is 0.906 bits per heavy atom. The first-order valence-corrected chi connectivity index (χ1v) is 11.0. The number of likely N-dealkylation sites (tertiary alicyclic amines) is 1. The monoisotopic (exact) mass is 434 g/mol. The van der Waals surface area contributed by atoms with Gasteiger partial charge in [-0.3, -0.25) is 9.69 Å². The number of rotatable bonds is 5. The zero-order valence-electron chi connectivity index (χ0n) is 18.5. The molecule has 32 heavy (non-hydrogen) atoms. The molecule has 0 aliphatic carbocycles. The third kappa shape index (κ3) is 4.89. The Labute approximate surface area is 188 Å². The standard InChI is InChI=1S/C27H28F2N2O/c1-19-9-11-22(12-10-19)31(27(32)21-6-3-5-20(2)17-21)23-13-15-30(16-14-23)18-24-25(28)7-4-8-26(24)29/h3-12,17,23H,13-16,18H2,1-2H3. The summed E-state index contributed by atoms with van der Waals surface area (Å²) in [6.07, 6.45) is 1.48. The van der Waals surface area contributed by atoms with Crippen molar-refractivity contribution in [2.75, 3.05) is 18.0 Å². The van der Waals surface area contributed by atoms with E-state index in [1.54, 1.807) is 0 Å². The van der Waals surface area contributed by atoms with E-state index in [0.29, 0.717) is 18.7 Å². The van der Waals surface area contributed by atoms with E-state index in [1.807, 2.05) is 67.3 Å². The fraction of sp³-hybridized carbons (Fsp3) is 0.296. The van der Waals surface area contributed by atoms with E-state index in [1.165, 1.54) is 18.2 Å². The van der Waals surface area contributed by atoms with Crippen LogP contribution >= 0.6 is 0 Å². The lowest BCUT2D eigenvalue weighted by molar-refractivity contribution is 0.0958. The van der Waals surface area contributed by atoms with E-state index in [-0.39, 0.29) is 24.1 Å². The van der Waals surface area contributed by atoms with Crippen molar-refractivity contribution in [1.82, 2.24) is 4.90 Å². The summed E-state index contributed by atoms with van der Waals surface area (Å²) in [5.74, 6) is -1.04. The molecule has 0 radical (unpaired) electrons. The van der Waals surface area contributed by atoms with E-state index in [4.69, 9.17) is 0 Å². The van der Waals surface area contributed by atoms with Crippen molar-refractivity contribution in [3.05, 3.63) is 101 Å². The fourth-order valence-corrected chi connectivity index (χ4v) is 4.36. The van der Waals surface area contributed by atoms with Crippen molar-refractivity contribution in [2.24, 2.45) is 0 Å². The molecule has 1 amide bonds. The second kappa shape index (κ2) is 9.61. The number of nitrogens with zero attached hydrogens (tertiary/aromatic N) is 2. The molecule has 1 fully saturated rings. The Morgan fingerprint density at radius 2 is 1.53 bits per heavy atom. The Kier molecular flexibility index (Phi) is 6.66. The fourth-order valence-electron chi connectivity index (χ4n) is 4.36. The number of hydrogen-bond acceptors (Lipinski definition) is 2. The summed E-state index contributed by atoms with van der Waals surface area (Å²) >= 11 is 0. The molecule has 0 saturated carbocycles. The molecule has 1 aliphatic rings. The van der Waals surface area contributed by atoms with Crippen molar-refractivity contribution >= 4 is 11.6 Å². The molecule has 0 bridgehead atoms. The van der Waals surface area contributed by atoms with Crippen molar-refractivity contribution in [3.8, 4) is 0 Å². The van der Waals surface area contributed by atoms with Crippen molar-refractivity contribution in [3.63, 3.8) is 0 Å². The number of hydrogen-bond donors (Lipinski definition) is 0. The maximum absolute atomic E-state index is 14.1. The Hall–Kier alpha value is -3.05. The molecular formula is C27H28F2N2O. The van der Waals surface area contributed by atoms with Gasteiger partial charge in [-0.25, -0.2) is 8.78 Å². The number of carbonyl (C=O) groups excluding carboxylic acids is 1. The van der Waals surface area contributed by atoms with Gasteiger partial charge in [-0.15, -0.1) is 0 Å². The Balaban J connectivity index is 1.53. The molecule has 0 aromatic heterocycles. The molecule has 0 unspecified atom stereocenters. The van der Waals surface area contributed by atoms with Crippen LogP contribution in [0.2, 0.25) is 0 Å².